The zero-order valence-corrected chi connectivity index (χ0v) is 11.1. The number of benzene rings is 1. The van der Waals surface area contributed by atoms with E-state index in [0.29, 0.717) is 11.5 Å². The summed E-state index contributed by atoms with van der Waals surface area (Å²) in [6.45, 7) is 7.44. The summed E-state index contributed by atoms with van der Waals surface area (Å²) in [4.78, 5) is 0. The second kappa shape index (κ2) is 4.99. The fourth-order valence-corrected chi connectivity index (χ4v) is 2.65. The van der Waals surface area contributed by atoms with Gasteiger partial charge < -0.3 is 10.1 Å². The first-order valence-electron chi connectivity index (χ1n) is 6.59. The van der Waals surface area contributed by atoms with Crippen molar-refractivity contribution in [1.82, 2.24) is 0 Å². The SMILES string of the molecule is CCOc1ccccc1NC1CCC(C)(C)C1. The van der Waals surface area contributed by atoms with Gasteiger partial charge in [-0.15, -0.1) is 0 Å². The second-order valence-corrected chi connectivity index (χ2v) is 5.68. The van der Waals surface area contributed by atoms with E-state index in [0.717, 1.165) is 18.0 Å². The van der Waals surface area contributed by atoms with Gasteiger partial charge in [0.05, 0.1) is 12.3 Å². The van der Waals surface area contributed by atoms with Crippen LogP contribution in [0.25, 0.3) is 0 Å². The molecule has 0 saturated heterocycles. The van der Waals surface area contributed by atoms with Gasteiger partial charge in [-0.3, -0.25) is 0 Å². The third-order valence-corrected chi connectivity index (χ3v) is 3.52. The minimum absolute atomic E-state index is 0.484. The zero-order valence-electron chi connectivity index (χ0n) is 11.1. The molecule has 1 fully saturated rings. The summed E-state index contributed by atoms with van der Waals surface area (Å²) in [5.74, 6) is 0.972. The van der Waals surface area contributed by atoms with Crippen molar-refractivity contribution in [2.45, 2.75) is 46.1 Å². The molecule has 1 N–H and O–H groups in total. The number of nitrogens with one attached hydrogen (secondary N) is 1. The van der Waals surface area contributed by atoms with Gasteiger partial charge in [0.15, 0.2) is 0 Å². The van der Waals surface area contributed by atoms with Crippen LogP contribution >= 0.6 is 0 Å². The monoisotopic (exact) mass is 233 g/mol. The molecule has 0 spiro atoms. The van der Waals surface area contributed by atoms with Gasteiger partial charge in [-0.2, -0.15) is 0 Å². The summed E-state index contributed by atoms with van der Waals surface area (Å²) in [6.07, 6.45) is 3.81. The van der Waals surface area contributed by atoms with Crippen LogP contribution < -0.4 is 10.1 Å². The molecule has 17 heavy (non-hydrogen) atoms. The lowest BCUT2D eigenvalue weighted by molar-refractivity contribution is 0.341. The first kappa shape index (κ1) is 12.3. The normalized spacial score (nSPS) is 22.4. The number of para-hydroxylation sites is 2. The number of anilines is 1. The Hall–Kier alpha value is -1.18. The van der Waals surface area contributed by atoms with Gasteiger partial charge in [0.2, 0.25) is 0 Å². The molecule has 1 aromatic carbocycles. The molecule has 0 aromatic heterocycles. The van der Waals surface area contributed by atoms with E-state index in [-0.39, 0.29) is 0 Å². The first-order valence-corrected chi connectivity index (χ1v) is 6.59. The highest BCUT2D eigenvalue weighted by atomic mass is 16.5. The molecule has 0 bridgehead atoms. The van der Waals surface area contributed by atoms with Crippen LogP contribution in [0.15, 0.2) is 24.3 Å². The molecule has 0 aliphatic heterocycles. The Bertz CT molecular complexity index is 373. The molecule has 1 aliphatic rings. The number of rotatable bonds is 4. The Morgan fingerprint density at radius 3 is 2.76 bits per heavy atom. The van der Waals surface area contributed by atoms with Crippen molar-refractivity contribution in [3.05, 3.63) is 24.3 Å². The maximum Gasteiger partial charge on any atom is 0.142 e. The number of ether oxygens (including phenoxy) is 1. The minimum Gasteiger partial charge on any atom is -0.492 e. The molecule has 1 saturated carbocycles. The Morgan fingerprint density at radius 1 is 1.35 bits per heavy atom. The Kier molecular flexibility index (Phi) is 3.60. The molecule has 2 rings (SSSR count). The fourth-order valence-electron chi connectivity index (χ4n) is 2.65. The Morgan fingerprint density at radius 2 is 2.12 bits per heavy atom. The van der Waals surface area contributed by atoms with E-state index < -0.39 is 0 Å². The van der Waals surface area contributed by atoms with E-state index in [2.05, 4.69) is 31.3 Å². The topological polar surface area (TPSA) is 21.3 Å². The summed E-state index contributed by atoms with van der Waals surface area (Å²) in [5.41, 5.74) is 1.62. The van der Waals surface area contributed by atoms with E-state index in [1.807, 2.05) is 19.1 Å². The van der Waals surface area contributed by atoms with Crippen molar-refractivity contribution in [2.75, 3.05) is 11.9 Å². The van der Waals surface area contributed by atoms with Crippen molar-refractivity contribution in [1.29, 1.82) is 0 Å². The van der Waals surface area contributed by atoms with Crippen LogP contribution in [-0.4, -0.2) is 12.6 Å². The van der Waals surface area contributed by atoms with Gasteiger partial charge in [0.25, 0.3) is 0 Å². The van der Waals surface area contributed by atoms with Crippen LogP contribution in [0, 0.1) is 5.41 Å². The quantitative estimate of drug-likeness (QED) is 0.846. The molecule has 2 nitrogen and oxygen atoms in total. The van der Waals surface area contributed by atoms with Crippen molar-refractivity contribution in [3.63, 3.8) is 0 Å². The van der Waals surface area contributed by atoms with Crippen molar-refractivity contribution in [3.8, 4) is 5.75 Å². The van der Waals surface area contributed by atoms with E-state index >= 15 is 0 Å². The maximum absolute atomic E-state index is 5.64. The minimum atomic E-state index is 0.484. The third-order valence-electron chi connectivity index (χ3n) is 3.52. The van der Waals surface area contributed by atoms with Gasteiger partial charge in [-0.25, -0.2) is 0 Å². The molecule has 1 aromatic rings. The van der Waals surface area contributed by atoms with Crippen molar-refractivity contribution < 1.29 is 4.74 Å². The summed E-state index contributed by atoms with van der Waals surface area (Å²) in [5, 5.41) is 3.62. The molecule has 1 unspecified atom stereocenters. The summed E-state index contributed by atoms with van der Waals surface area (Å²) < 4.78 is 5.64. The molecule has 1 aliphatic carbocycles. The van der Waals surface area contributed by atoms with Crippen LogP contribution in [0.1, 0.15) is 40.0 Å². The molecule has 0 amide bonds. The average Bonchev–Trinajstić information content (AvgIpc) is 2.61. The number of hydrogen-bond acceptors (Lipinski definition) is 2. The van der Waals surface area contributed by atoms with Crippen molar-refractivity contribution >= 4 is 5.69 Å². The van der Waals surface area contributed by atoms with E-state index in [4.69, 9.17) is 4.74 Å². The molecular weight excluding hydrogens is 210 g/mol. The fraction of sp³-hybridized carbons (Fsp3) is 0.600. The average molecular weight is 233 g/mol. The third kappa shape index (κ3) is 3.15. The smallest absolute Gasteiger partial charge is 0.142 e. The van der Waals surface area contributed by atoms with Crippen LogP contribution in [-0.2, 0) is 0 Å². The number of hydrogen-bond donors (Lipinski definition) is 1. The predicted molar refractivity (Wildman–Crippen MR) is 72.7 cm³/mol. The maximum atomic E-state index is 5.64. The standard InChI is InChI=1S/C15H23NO/c1-4-17-14-8-6-5-7-13(14)16-12-9-10-15(2,3)11-12/h5-8,12,16H,4,9-11H2,1-3H3. The van der Waals surface area contributed by atoms with Crippen LogP contribution in [0.5, 0.6) is 5.75 Å². The molecule has 0 heterocycles. The summed E-state index contributed by atoms with van der Waals surface area (Å²) in [6, 6.07) is 8.81. The lowest BCUT2D eigenvalue weighted by atomic mass is 9.92. The molecule has 1 atom stereocenters. The van der Waals surface area contributed by atoms with Gasteiger partial charge in [-0.05, 0) is 43.7 Å². The summed E-state index contributed by atoms with van der Waals surface area (Å²) >= 11 is 0. The van der Waals surface area contributed by atoms with E-state index in [1.165, 1.54) is 19.3 Å². The van der Waals surface area contributed by atoms with E-state index in [1.54, 1.807) is 0 Å². The molecule has 0 radical (unpaired) electrons. The lowest BCUT2D eigenvalue weighted by Gasteiger charge is -2.20. The molecule has 2 heteroatoms. The van der Waals surface area contributed by atoms with Crippen LogP contribution in [0.3, 0.4) is 0 Å². The van der Waals surface area contributed by atoms with Crippen LogP contribution in [0.2, 0.25) is 0 Å². The highest BCUT2D eigenvalue weighted by Crippen LogP contribution is 2.39. The van der Waals surface area contributed by atoms with Gasteiger partial charge in [0.1, 0.15) is 5.75 Å². The summed E-state index contributed by atoms with van der Waals surface area (Å²) in [7, 11) is 0. The first-order chi connectivity index (χ1) is 8.11. The van der Waals surface area contributed by atoms with E-state index in [9.17, 15) is 0 Å². The van der Waals surface area contributed by atoms with Gasteiger partial charge in [0, 0.05) is 6.04 Å². The zero-order chi connectivity index (χ0) is 12.3. The second-order valence-electron chi connectivity index (χ2n) is 5.68. The molecule has 94 valence electrons. The van der Waals surface area contributed by atoms with Gasteiger partial charge >= 0.3 is 0 Å². The van der Waals surface area contributed by atoms with Crippen LogP contribution in [0.4, 0.5) is 5.69 Å². The Labute approximate surface area is 104 Å². The predicted octanol–water partition coefficient (Wildman–Crippen LogP) is 4.08. The van der Waals surface area contributed by atoms with Gasteiger partial charge in [-0.1, -0.05) is 26.0 Å². The highest BCUT2D eigenvalue weighted by molar-refractivity contribution is 5.56. The Balaban J connectivity index is 2.03. The highest BCUT2D eigenvalue weighted by Gasteiger charge is 2.30. The molecular formula is C15H23NO. The lowest BCUT2D eigenvalue weighted by Crippen LogP contribution is -2.18. The largest absolute Gasteiger partial charge is 0.492 e. The van der Waals surface area contributed by atoms with Crippen molar-refractivity contribution in [2.24, 2.45) is 5.41 Å².